The molecule has 1 atom stereocenters. The quantitative estimate of drug-likeness (QED) is 0.274. The molecule has 1 amide bonds. The SMILES string of the molecule is CC1CCC(C(=O)N(c2cc(C#CC(C)(C)C)sc2C(=O)O)[C@@H](C)CCCC(=O)OC2CCCC2)CC1. The van der Waals surface area contributed by atoms with E-state index in [0.29, 0.717) is 35.7 Å². The molecule has 1 aromatic rings. The highest BCUT2D eigenvalue weighted by atomic mass is 32.1. The van der Waals surface area contributed by atoms with E-state index in [-0.39, 0.29) is 40.2 Å². The van der Waals surface area contributed by atoms with Crippen LogP contribution < -0.4 is 4.90 Å². The molecule has 204 valence electrons. The number of rotatable bonds is 9. The number of anilines is 1. The lowest BCUT2D eigenvalue weighted by Gasteiger charge is -2.35. The molecular formula is C30H43NO5S. The lowest BCUT2D eigenvalue weighted by atomic mass is 9.82. The van der Waals surface area contributed by atoms with Gasteiger partial charge in [-0.05, 0) is 104 Å². The molecule has 0 bridgehead atoms. The summed E-state index contributed by atoms with van der Waals surface area (Å²) in [4.78, 5) is 40.9. The lowest BCUT2D eigenvalue weighted by Crippen LogP contribution is -2.44. The second kappa shape index (κ2) is 13.0. The molecule has 1 heterocycles. The highest BCUT2D eigenvalue weighted by Crippen LogP contribution is 2.37. The van der Waals surface area contributed by atoms with Gasteiger partial charge in [-0.2, -0.15) is 0 Å². The Morgan fingerprint density at radius 2 is 1.78 bits per heavy atom. The number of nitrogens with zero attached hydrogens (tertiary/aromatic N) is 1. The number of carbonyl (C=O) groups excluding carboxylic acids is 2. The van der Waals surface area contributed by atoms with Crippen molar-refractivity contribution >= 4 is 34.9 Å². The van der Waals surface area contributed by atoms with Gasteiger partial charge in [-0.3, -0.25) is 9.59 Å². The van der Waals surface area contributed by atoms with Gasteiger partial charge in [-0.25, -0.2) is 4.79 Å². The van der Waals surface area contributed by atoms with Gasteiger partial charge in [-0.1, -0.05) is 18.8 Å². The number of carbonyl (C=O) groups is 3. The molecule has 37 heavy (non-hydrogen) atoms. The number of thiophene rings is 1. The Morgan fingerprint density at radius 3 is 2.38 bits per heavy atom. The summed E-state index contributed by atoms with van der Waals surface area (Å²) >= 11 is 1.12. The van der Waals surface area contributed by atoms with Gasteiger partial charge in [0.1, 0.15) is 11.0 Å². The molecule has 0 spiro atoms. The fourth-order valence-corrected chi connectivity index (χ4v) is 6.06. The summed E-state index contributed by atoms with van der Waals surface area (Å²) in [6.07, 6.45) is 9.29. The zero-order valence-corrected chi connectivity index (χ0v) is 23.9. The summed E-state index contributed by atoms with van der Waals surface area (Å²) in [6.45, 7) is 10.2. The highest BCUT2D eigenvalue weighted by molar-refractivity contribution is 7.15. The first-order chi connectivity index (χ1) is 17.4. The summed E-state index contributed by atoms with van der Waals surface area (Å²) in [7, 11) is 0. The normalized spacial score (nSPS) is 21.1. The Morgan fingerprint density at radius 1 is 1.14 bits per heavy atom. The Labute approximate surface area is 226 Å². The van der Waals surface area contributed by atoms with Gasteiger partial charge in [0.25, 0.3) is 0 Å². The topological polar surface area (TPSA) is 83.9 Å². The van der Waals surface area contributed by atoms with Crippen molar-refractivity contribution in [1.29, 1.82) is 0 Å². The molecule has 0 unspecified atom stereocenters. The van der Waals surface area contributed by atoms with Gasteiger partial charge in [0, 0.05) is 23.8 Å². The van der Waals surface area contributed by atoms with E-state index in [2.05, 4.69) is 18.8 Å². The molecule has 1 aromatic heterocycles. The summed E-state index contributed by atoms with van der Waals surface area (Å²) in [5, 5.41) is 10.0. The van der Waals surface area contributed by atoms with E-state index in [0.717, 1.165) is 62.7 Å². The van der Waals surface area contributed by atoms with Crippen LogP contribution in [0.5, 0.6) is 0 Å². The van der Waals surface area contributed by atoms with Crippen LogP contribution in [-0.4, -0.2) is 35.1 Å². The number of amides is 1. The summed E-state index contributed by atoms with van der Waals surface area (Å²) in [5.41, 5.74) is 0.211. The molecule has 2 aliphatic rings. The van der Waals surface area contributed by atoms with Crippen molar-refractivity contribution in [2.75, 3.05) is 4.90 Å². The molecule has 3 rings (SSSR count). The summed E-state index contributed by atoms with van der Waals surface area (Å²) in [6, 6.07) is 1.52. The molecule has 0 radical (unpaired) electrons. The molecule has 2 saturated carbocycles. The van der Waals surface area contributed by atoms with Crippen LogP contribution in [0.25, 0.3) is 0 Å². The second-order valence-electron chi connectivity index (χ2n) is 11.9. The average molecular weight is 530 g/mol. The summed E-state index contributed by atoms with van der Waals surface area (Å²) in [5.74, 6) is 5.54. The minimum Gasteiger partial charge on any atom is -0.477 e. The molecule has 0 aliphatic heterocycles. The predicted octanol–water partition coefficient (Wildman–Crippen LogP) is 7.05. The average Bonchev–Trinajstić information content (AvgIpc) is 3.48. The van der Waals surface area contributed by atoms with Gasteiger partial charge in [-0.15, -0.1) is 11.3 Å². The summed E-state index contributed by atoms with van der Waals surface area (Å²) < 4.78 is 5.59. The van der Waals surface area contributed by atoms with Crippen molar-refractivity contribution in [3.05, 3.63) is 15.8 Å². The van der Waals surface area contributed by atoms with Crippen LogP contribution in [-0.2, 0) is 14.3 Å². The van der Waals surface area contributed by atoms with Crippen LogP contribution in [0.3, 0.4) is 0 Å². The minimum absolute atomic E-state index is 0.0106. The van der Waals surface area contributed by atoms with Gasteiger partial charge in [0.15, 0.2) is 0 Å². The third-order valence-electron chi connectivity index (χ3n) is 7.37. The van der Waals surface area contributed by atoms with Gasteiger partial charge < -0.3 is 14.7 Å². The Balaban J connectivity index is 1.81. The molecule has 1 N–H and O–H groups in total. The van der Waals surface area contributed by atoms with Crippen LogP contribution in [0, 0.1) is 29.1 Å². The number of hydrogen-bond acceptors (Lipinski definition) is 5. The van der Waals surface area contributed by atoms with Crippen molar-refractivity contribution < 1.29 is 24.2 Å². The fraction of sp³-hybridized carbons (Fsp3) is 0.700. The number of aromatic carboxylic acids is 1. The molecule has 0 aromatic carbocycles. The molecule has 6 nitrogen and oxygen atoms in total. The molecule has 0 saturated heterocycles. The van der Waals surface area contributed by atoms with E-state index >= 15 is 0 Å². The first-order valence-electron chi connectivity index (χ1n) is 13.9. The molecular weight excluding hydrogens is 486 g/mol. The van der Waals surface area contributed by atoms with E-state index < -0.39 is 5.97 Å². The predicted molar refractivity (Wildman–Crippen MR) is 148 cm³/mol. The smallest absolute Gasteiger partial charge is 0.348 e. The third kappa shape index (κ3) is 8.60. The second-order valence-corrected chi connectivity index (χ2v) is 13.0. The Hall–Kier alpha value is -2.33. The molecule has 7 heteroatoms. The number of ether oxygens (including phenoxy) is 1. The Bertz CT molecular complexity index is 1010. The fourth-order valence-electron chi connectivity index (χ4n) is 5.22. The van der Waals surface area contributed by atoms with E-state index in [1.807, 2.05) is 27.7 Å². The third-order valence-corrected chi connectivity index (χ3v) is 8.40. The largest absolute Gasteiger partial charge is 0.477 e. The number of carboxylic acids is 1. The van der Waals surface area contributed by atoms with Crippen molar-refractivity contribution in [3.63, 3.8) is 0 Å². The van der Waals surface area contributed by atoms with E-state index in [9.17, 15) is 19.5 Å². The standard InChI is InChI=1S/C30H43NO5S/c1-20-13-15-22(16-14-20)28(33)31(21(2)9-8-12-26(32)36-23-10-6-7-11-23)25-19-24(17-18-30(3,4)5)37-27(25)29(34)35/h19-23H,6-16H2,1-5H3,(H,34,35)/t20?,21-,22?/m0/s1. The zero-order valence-electron chi connectivity index (χ0n) is 23.1. The van der Waals surface area contributed by atoms with Crippen molar-refractivity contribution in [1.82, 2.24) is 0 Å². The number of carboxylic acid groups (broad SMARTS) is 1. The van der Waals surface area contributed by atoms with Gasteiger partial charge in [0.2, 0.25) is 5.91 Å². The molecule has 2 fully saturated rings. The highest BCUT2D eigenvalue weighted by Gasteiger charge is 2.34. The minimum atomic E-state index is -1.05. The first kappa shape index (κ1) is 29.2. The maximum Gasteiger partial charge on any atom is 0.348 e. The Kier molecular flexibility index (Phi) is 10.2. The van der Waals surface area contributed by atoms with Crippen molar-refractivity contribution in [2.24, 2.45) is 17.3 Å². The van der Waals surface area contributed by atoms with Crippen LogP contribution in [0.1, 0.15) is 120 Å². The van der Waals surface area contributed by atoms with Crippen LogP contribution in [0.4, 0.5) is 5.69 Å². The van der Waals surface area contributed by atoms with Crippen LogP contribution in [0.2, 0.25) is 0 Å². The van der Waals surface area contributed by atoms with E-state index in [4.69, 9.17) is 4.74 Å². The first-order valence-corrected chi connectivity index (χ1v) is 14.7. The van der Waals surface area contributed by atoms with Gasteiger partial charge >= 0.3 is 11.9 Å². The lowest BCUT2D eigenvalue weighted by molar-refractivity contribution is -0.148. The zero-order chi connectivity index (χ0) is 27.2. The van der Waals surface area contributed by atoms with Crippen LogP contribution in [0.15, 0.2) is 6.07 Å². The van der Waals surface area contributed by atoms with Crippen LogP contribution >= 0.6 is 11.3 Å². The molecule has 2 aliphatic carbocycles. The van der Waals surface area contributed by atoms with Crippen molar-refractivity contribution in [3.8, 4) is 11.8 Å². The monoisotopic (exact) mass is 529 g/mol. The van der Waals surface area contributed by atoms with E-state index in [1.54, 1.807) is 11.0 Å². The number of hydrogen-bond donors (Lipinski definition) is 1. The number of esters is 1. The maximum atomic E-state index is 13.9. The van der Waals surface area contributed by atoms with Crippen molar-refractivity contribution in [2.45, 2.75) is 117 Å². The van der Waals surface area contributed by atoms with Gasteiger partial charge in [0.05, 0.1) is 10.6 Å². The maximum absolute atomic E-state index is 13.9. The van der Waals surface area contributed by atoms with E-state index in [1.165, 1.54) is 0 Å².